The molecule has 1 unspecified atom stereocenters. The van der Waals surface area contributed by atoms with E-state index >= 15 is 0 Å². The van der Waals surface area contributed by atoms with Crippen LogP contribution in [0.1, 0.15) is 28.8 Å². The Labute approximate surface area is 165 Å². The Morgan fingerprint density at radius 3 is 2.85 bits per heavy atom. The van der Waals surface area contributed by atoms with Gasteiger partial charge in [-0.05, 0) is 44.7 Å². The Balaban J connectivity index is 0.00000210. The molecule has 1 aliphatic rings. The number of nitrogens with one attached hydrogen (secondary N) is 1. The number of likely N-dealkylation sites (N-methyl/N-ethyl adjacent to an activating group) is 1. The van der Waals surface area contributed by atoms with E-state index in [0.717, 1.165) is 54.5 Å². The molecule has 1 fully saturated rings. The summed E-state index contributed by atoms with van der Waals surface area (Å²) in [7, 11) is 2.09. The lowest BCUT2D eigenvalue weighted by Crippen LogP contribution is -2.44. The molecule has 0 bridgehead atoms. The van der Waals surface area contributed by atoms with Crippen molar-refractivity contribution in [2.24, 2.45) is 0 Å². The zero-order valence-corrected chi connectivity index (χ0v) is 16.7. The molecule has 0 aliphatic carbocycles. The Bertz CT molecular complexity index is 905. The number of halogens is 1. The van der Waals surface area contributed by atoms with Crippen molar-refractivity contribution < 1.29 is 4.52 Å². The van der Waals surface area contributed by atoms with Gasteiger partial charge in [0.05, 0.1) is 18.3 Å². The van der Waals surface area contributed by atoms with Gasteiger partial charge in [-0.15, -0.1) is 12.4 Å². The highest BCUT2D eigenvalue weighted by molar-refractivity contribution is 5.85. The number of piperazine rings is 1. The number of benzene rings is 1. The highest BCUT2D eigenvalue weighted by atomic mass is 35.5. The summed E-state index contributed by atoms with van der Waals surface area (Å²) in [6.07, 6.45) is 0. The zero-order valence-electron chi connectivity index (χ0n) is 15.8. The maximum Gasteiger partial charge on any atom is 0.257 e. The Kier molecular flexibility index (Phi) is 5.94. The summed E-state index contributed by atoms with van der Waals surface area (Å²) in [6.45, 7) is 7.62. The van der Waals surface area contributed by atoms with Crippen molar-refractivity contribution in [3.8, 4) is 11.5 Å². The predicted octanol–water partition coefficient (Wildman–Crippen LogP) is 2.60. The third-order valence-electron chi connectivity index (χ3n) is 4.86. The summed E-state index contributed by atoms with van der Waals surface area (Å²) >= 11 is 0. The molecule has 1 N–H and O–H groups in total. The minimum atomic E-state index is 0. The van der Waals surface area contributed by atoms with Gasteiger partial charge >= 0.3 is 0 Å². The summed E-state index contributed by atoms with van der Waals surface area (Å²) < 4.78 is 7.56. The van der Waals surface area contributed by atoms with Gasteiger partial charge in [0.2, 0.25) is 0 Å². The van der Waals surface area contributed by atoms with E-state index in [1.165, 1.54) is 0 Å². The summed E-state index contributed by atoms with van der Waals surface area (Å²) in [5, 5.41) is 12.1. The molecule has 0 saturated carbocycles. The van der Waals surface area contributed by atoms with Crippen LogP contribution in [0.3, 0.4) is 0 Å². The molecule has 27 heavy (non-hydrogen) atoms. The summed E-state index contributed by atoms with van der Waals surface area (Å²) in [5.74, 6) is 1.30. The minimum absolute atomic E-state index is 0. The van der Waals surface area contributed by atoms with Gasteiger partial charge in [0.1, 0.15) is 0 Å². The van der Waals surface area contributed by atoms with Gasteiger partial charge in [0.15, 0.2) is 5.82 Å². The first-order valence-electron chi connectivity index (χ1n) is 8.95. The van der Waals surface area contributed by atoms with Crippen molar-refractivity contribution in [2.75, 3.05) is 26.7 Å². The van der Waals surface area contributed by atoms with E-state index in [2.05, 4.69) is 57.6 Å². The van der Waals surface area contributed by atoms with Gasteiger partial charge in [0.25, 0.3) is 5.89 Å². The fourth-order valence-corrected chi connectivity index (χ4v) is 3.39. The number of aromatic nitrogens is 4. The molecule has 0 radical (unpaired) electrons. The van der Waals surface area contributed by atoms with E-state index in [1.54, 1.807) is 0 Å². The van der Waals surface area contributed by atoms with Gasteiger partial charge in [-0.1, -0.05) is 17.3 Å². The molecule has 1 atom stereocenters. The molecule has 4 rings (SSSR count). The van der Waals surface area contributed by atoms with Crippen LogP contribution in [0.15, 0.2) is 34.9 Å². The molecular weight excluding hydrogens is 364 g/mol. The fourth-order valence-electron chi connectivity index (χ4n) is 3.39. The van der Waals surface area contributed by atoms with Crippen LogP contribution in [0.2, 0.25) is 0 Å². The standard InChI is InChI=1S/C19H24N6O.ClH/c1-13-9-14(2)25(22-13)12-15-5-4-6-16(10-15)19-21-18(23-26-19)17-11-20-7-8-24(17)3;/h4-6,9-10,17,20H,7-8,11-12H2,1-3H3;1H. The van der Waals surface area contributed by atoms with Crippen LogP contribution >= 0.6 is 12.4 Å². The minimum Gasteiger partial charge on any atom is -0.334 e. The van der Waals surface area contributed by atoms with E-state index < -0.39 is 0 Å². The van der Waals surface area contributed by atoms with Crippen molar-refractivity contribution in [2.45, 2.75) is 26.4 Å². The van der Waals surface area contributed by atoms with E-state index in [-0.39, 0.29) is 18.4 Å². The second kappa shape index (κ2) is 8.21. The average molecular weight is 389 g/mol. The van der Waals surface area contributed by atoms with Crippen LogP contribution in [-0.2, 0) is 6.54 Å². The Hall–Kier alpha value is -2.22. The second-order valence-corrected chi connectivity index (χ2v) is 6.94. The highest BCUT2D eigenvalue weighted by Gasteiger charge is 2.25. The first-order valence-corrected chi connectivity index (χ1v) is 8.95. The number of rotatable bonds is 4. The number of aryl methyl sites for hydroxylation is 2. The van der Waals surface area contributed by atoms with Crippen molar-refractivity contribution in [1.82, 2.24) is 30.1 Å². The van der Waals surface area contributed by atoms with Crippen LogP contribution in [0.25, 0.3) is 11.5 Å². The van der Waals surface area contributed by atoms with E-state index in [1.807, 2.05) is 23.7 Å². The summed E-state index contributed by atoms with van der Waals surface area (Å²) in [6, 6.07) is 10.5. The van der Waals surface area contributed by atoms with E-state index in [4.69, 9.17) is 4.52 Å². The predicted molar refractivity (Wildman–Crippen MR) is 106 cm³/mol. The molecule has 1 aliphatic heterocycles. The molecule has 8 heteroatoms. The largest absolute Gasteiger partial charge is 0.334 e. The van der Waals surface area contributed by atoms with Gasteiger partial charge in [-0.3, -0.25) is 9.58 Å². The average Bonchev–Trinajstić information content (AvgIpc) is 3.23. The molecule has 2 aromatic heterocycles. The maximum absolute atomic E-state index is 5.55. The lowest BCUT2D eigenvalue weighted by atomic mass is 10.1. The maximum atomic E-state index is 5.55. The molecule has 3 heterocycles. The first kappa shape index (κ1) is 19.5. The van der Waals surface area contributed by atoms with Crippen LogP contribution in [-0.4, -0.2) is 51.5 Å². The van der Waals surface area contributed by atoms with Crippen LogP contribution < -0.4 is 5.32 Å². The summed E-state index contributed by atoms with van der Waals surface area (Å²) in [5.41, 5.74) is 4.28. The first-order chi connectivity index (χ1) is 12.6. The molecule has 3 aromatic rings. The topological polar surface area (TPSA) is 72.0 Å². The quantitative estimate of drug-likeness (QED) is 0.740. The molecule has 1 aromatic carbocycles. The van der Waals surface area contributed by atoms with E-state index in [9.17, 15) is 0 Å². The zero-order chi connectivity index (χ0) is 18.1. The van der Waals surface area contributed by atoms with Gasteiger partial charge in [0, 0.05) is 30.9 Å². The van der Waals surface area contributed by atoms with Crippen LogP contribution in [0.4, 0.5) is 0 Å². The lowest BCUT2D eigenvalue weighted by molar-refractivity contribution is 0.190. The smallest absolute Gasteiger partial charge is 0.257 e. The third-order valence-corrected chi connectivity index (χ3v) is 4.86. The Morgan fingerprint density at radius 1 is 1.26 bits per heavy atom. The van der Waals surface area contributed by atoms with Crippen LogP contribution in [0, 0.1) is 13.8 Å². The normalized spacial score (nSPS) is 17.7. The van der Waals surface area contributed by atoms with Gasteiger partial charge in [-0.25, -0.2) is 0 Å². The number of nitrogens with zero attached hydrogens (tertiary/aromatic N) is 5. The van der Waals surface area contributed by atoms with Crippen molar-refractivity contribution in [1.29, 1.82) is 0 Å². The summed E-state index contributed by atoms with van der Waals surface area (Å²) in [4.78, 5) is 6.90. The van der Waals surface area contributed by atoms with Crippen molar-refractivity contribution in [3.63, 3.8) is 0 Å². The fraction of sp³-hybridized carbons (Fsp3) is 0.421. The van der Waals surface area contributed by atoms with Crippen molar-refractivity contribution >= 4 is 12.4 Å². The van der Waals surface area contributed by atoms with E-state index in [0.29, 0.717) is 5.89 Å². The van der Waals surface area contributed by atoms with Gasteiger partial charge < -0.3 is 9.84 Å². The SMILES string of the molecule is Cc1cc(C)n(Cc2cccc(-c3nc(C4CNCCN4C)no3)c2)n1.Cl. The lowest BCUT2D eigenvalue weighted by Gasteiger charge is -2.30. The third kappa shape index (κ3) is 4.21. The Morgan fingerprint density at radius 2 is 2.11 bits per heavy atom. The van der Waals surface area contributed by atoms with Crippen LogP contribution in [0.5, 0.6) is 0 Å². The van der Waals surface area contributed by atoms with Crippen molar-refractivity contribution in [3.05, 3.63) is 53.1 Å². The second-order valence-electron chi connectivity index (χ2n) is 6.94. The monoisotopic (exact) mass is 388 g/mol. The van der Waals surface area contributed by atoms with Gasteiger partial charge in [-0.2, -0.15) is 10.1 Å². The number of hydrogen-bond donors (Lipinski definition) is 1. The molecule has 144 valence electrons. The highest BCUT2D eigenvalue weighted by Crippen LogP contribution is 2.23. The molecular formula is C19H25ClN6O. The molecule has 0 spiro atoms. The molecule has 1 saturated heterocycles. The number of hydrogen-bond acceptors (Lipinski definition) is 6. The molecule has 0 amide bonds. The molecule has 7 nitrogen and oxygen atoms in total.